The van der Waals surface area contributed by atoms with E-state index in [1.807, 2.05) is 26.0 Å². The van der Waals surface area contributed by atoms with Crippen molar-refractivity contribution < 1.29 is 13.9 Å². The molecule has 1 heterocycles. The van der Waals surface area contributed by atoms with Gasteiger partial charge < -0.3 is 20.1 Å². The molecular weight excluding hydrogens is 407 g/mol. The minimum absolute atomic E-state index is 0.110. The summed E-state index contributed by atoms with van der Waals surface area (Å²) in [6.45, 7) is 9.16. The van der Waals surface area contributed by atoms with Gasteiger partial charge in [0.1, 0.15) is 5.82 Å². The highest BCUT2D eigenvalue weighted by atomic mass is 19.1. The quantitative estimate of drug-likeness (QED) is 0.460. The van der Waals surface area contributed by atoms with E-state index >= 15 is 0 Å². The molecule has 1 aliphatic rings. The zero-order valence-corrected chi connectivity index (χ0v) is 19.3. The molecule has 3 rings (SSSR count). The fourth-order valence-corrected chi connectivity index (χ4v) is 3.65. The molecule has 0 spiro atoms. The van der Waals surface area contributed by atoms with Gasteiger partial charge in [0, 0.05) is 33.2 Å². The molecule has 0 bridgehead atoms. The lowest BCUT2D eigenvalue weighted by atomic mass is 10.0. The highest BCUT2D eigenvalue weighted by Gasteiger charge is 2.23. The first-order valence-corrected chi connectivity index (χ1v) is 11.3. The van der Waals surface area contributed by atoms with Gasteiger partial charge in [0.2, 0.25) is 0 Å². The van der Waals surface area contributed by atoms with E-state index in [0.29, 0.717) is 32.9 Å². The summed E-state index contributed by atoms with van der Waals surface area (Å²) >= 11 is 0. The van der Waals surface area contributed by atoms with Crippen molar-refractivity contribution in [2.24, 2.45) is 4.99 Å². The third-order valence-electron chi connectivity index (χ3n) is 5.49. The van der Waals surface area contributed by atoms with Crippen molar-refractivity contribution in [3.63, 3.8) is 0 Å². The molecule has 1 fully saturated rings. The number of aliphatic imine (C=N–C) groups is 1. The molecule has 2 aromatic rings. The van der Waals surface area contributed by atoms with Gasteiger partial charge in [-0.1, -0.05) is 36.4 Å². The summed E-state index contributed by atoms with van der Waals surface area (Å²) in [7, 11) is 1.77. The number of benzene rings is 2. The van der Waals surface area contributed by atoms with Crippen LogP contribution in [0.1, 0.15) is 36.6 Å². The van der Waals surface area contributed by atoms with Gasteiger partial charge in [0.25, 0.3) is 0 Å². The van der Waals surface area contributed by atoms with E-state index in [-0.39, 0.29) is 18.0 Å². The minimum Gasteiger partial charge on any atom is -0.379 e. The van der Waals surface area contributed by atoms with Gasteiger partial charge in [0.05, 0.1) is 32.0 Å². The molecule has 7 heteroatoms. The molecule has 2 N–H and O–H groups in total. The molecule has 0 radical (unpaired) electrons. The molecule has 0 saturated carbocycles. The number of hydrogen-bond acceptors (Lipinski definition) is 4. The van der Waals surface area contributed by atoms with Crippen LogP contribution in [0.15, 0.2) is 53.5 Å². The SMILES string of the molecule is CN=C(NCc1ccc(COC(C)C)cc1)NCC(c1ccc(F)cc1)N1CCOCC1. The van der Waals surface area contributed by atoms with E-state index in [0.717, 1.165) is 30.2 Å². The van der Waals surface area contributed by atoms with Crippen LogP contribution >= 0.6 is 0 Å². The van der Waals surface area contributed by atoms with Crippen molar-refractivity contribution in [2.45, 2.75) is 39.1 Å². The van der Waals surface area contributed by atoms with Gasteiger partial charge in [-0.15, -0.1) is 0 Å². The second kappa shape index (κ2) is 12.5. The highest BCUT2D eigenvalue weighted by molar-refractivity contribution is 5.79. The first-order chi connectivity index (χ1) is 15.5. The zero-order valence-electron chi connectivity index (χ0n) is 19.3. The minimum atomic E-state index is -0.221. The topological polar surface area (TPSA) is 58.1 Å². The predicted octanol–water partition coefficient (Wildman–Crippen LogP) is 3.49. The highest BCUT2D eigenvalue weighted by Crippen LogP contribution is 2.21. The van der Waals surface area contributed by atoms with Gasteiger partial charge in [-0.3, -0.25) is 9.89 Å². The van der Waals surface area contributed by atoms with Gasteiger partial charge >= 0.3 is 0 Å². The van der Waals surface area contributed by atoms with Crippen LogP contribution in [0.5, 0.6) is 0 Å². The van der Waals surface area contributed by atoms with E-state index in [9.17, 15) is 4.39 Å². The maximum Gasteiger partial charge on any atom is 0.191 e. The number of hydrogen-bond donors (Lipinski definition) is 2. The van der Waals surface area contributed by atoms with Crippen molar-refractivity contribution in [1.29, 1.82) is 0 Å². The molecule has 0 aromatic heterocycles. The van der Waals surface area contributed by atoms with Crippen LogP contribution in [0.25, 0.3) is 0 Å². The van der Waals surface area contributed by atoms with Crippen LogP contribution in [0, 0.1) is 5.82 Å². The summed E-state index contributed by atoms with van der Waals surface area (Å²) in [6, 6.07) is 15.3. The number of morpholine rings is 1. The first kappa shape index (κ1) is 24.2. The average molecular weight is 443 g/mol. The van der Waals surface area contributed by atoms with Gasteiger partial charge in [-0.2, -0.15) is 0 Å². The lowest BCUT2D eigenvalue weighted by Gasteiger charge is -2.35. The Kier molecular flexibility index (Phi) is 9.46. The average Bonchev–Trinajstić information content (AvgIpc) is 2.82. The lowest BCUT2D eigenvalue weighted by molar-refractivity contribution is 0.0170. The monoisotopic (exact) mass is 442 g/mol. The molecule has 1 unspecified atom stereocenters. The molecule has 0 amide bonds. The summed E-state index contributed by atoms with van der Waals surface area (Å²) < 4.78 is 24.6. The van der Waals surface area contributed by atoms with Crippen LogP contribution in [0.3, 0.4) is 0 Å². The molecule has 174 valence electrons. The second-order valence-electron chi connectivity index (χ2n) is 8.20. The molecule has 2 aromatic carbocycles. The number of nitrogens with one attached hydrogen (secondary N) is 2. The molecule has 1 aliphatic heterocycles. The zero-order chi connectivity index (χ0) is 22.8. The van der Waals surface area contributed by atoms with Crippen LogP contribution in [0.4, 0.5) is 4.39 Å². The Morgan fingerprint density at radius 3 is 2.31 bits per heavy atom. The van der Waals surface area contributed by atoms with Gasteiger partial charge in [-0.05, 0) is 42.7 Å². The molecule has 6 nitrogen and oxygen atoms in total. The first-order valence-electron chi connectivity index (χ1n) is 11.3. The van der Waals surface area contributed by atoms with Gasteiger partial charge in [0.15, 0.2) is 5.96 Å². The van der Waals surface area contributed by atoms with Crippen LogP contribution in [-0.4, -0.2) is 56.9 Å². The Morgan fingerprint density at radius 2 is 1.69 bits per heavy atom. The van der Waals surface area contributed by atoms with E-state index < -0.39 is 0 Å². The lowest BCUT2D eigenvalue weighted by Crippen LogP contribution is -2.46. The fraction of sp³-hybridized carbons (Fsp3) is 0.480. The maximum absolute atomic E-state index is 13.4. The number of nitrogens with zero attached hydrogens (tertiary/aromatic N) is 2. The summed E-state index contributed by atoms with van der Waals surface area (Å²) in [5.74, 6) is 0.513. The van der Waals surface area contributed by atoms with Crippen LogP contribution in [-0.2, 0) is 22.6 Å². The Hall–Kier alpha value is -2.48. The fourth-order valence-electron chi connectivity index (χ4n) is 3.65. The molecule has 32 heavy (non-hydrogen) atoms. The summed E-state index contributed by atoms with van der Waals surface area (Å²) in [4.78, 5) is 6.74. The Balaban J connectivity index is 1.55. The van der Waals surface area contributed by atoms with Crippen molar-refractivity contribution in [3.05, 3.63) is 71.0 Å². The van der Waals surface area contributed by atoms with E-state index in [1.165, 1.54) is 17.7 Å². The third kappa shape index (κ3) is 7.58. The largest absolute Gasteiger partial charge is 0.379 e. The van der Waals surface area contributed by atoms with Gasteiger partial charge in [-0.25, -0.2) is 4.39 Å². The molecular formula is C25H35FN4O2. The summed E-state index contributed by atoms with van der Waals surface area (Å²) in [5, 5.41) is 6.82. The summed E-state index contributed by atoms with van der Waals surface area (Å²) in [6.07, 6.45) is 0.224. The van der Waals surface area contributed by atoms with Crippen molar-refractivity contribution in [1.82, 2.24) is 15.5 Å². The van der Waals surface area contributed by atoms with Crippen LogP contribution in [0.2, 0.25) is 0 Å². The van der Waals surface area contributed by atoms with Crippen molar-refractivity contribution in [3.8, 4) is 0 Å². The Morgan fingerprint density at radius 1 is 1.03 bits per heavy atom. The van der Waals surface area contributed by atoms with Crippen molar-refractivity contribution >= 4 is 5.96 Å². The number of guanidine groups is 1. The molecule has 0 aliphatic carbocycles. The molecule has 1 saturated heterocycles. The number of ether oxygens (including phenoxy) is 2. The predicted molar refractivity (Wildman–Crippen MR) is 126 cm³/mol. The van der Waals surface area contributed by atoms with Crippen LogP contribution < -0.4 is 10.6 Å². The van der Waals surface area contributed by atoms with E-state index in [4.69, 9.17) is 9.47 Å². The van der Waals surface area contributed by atoms with Crippen molar-refractivity contribution in [2.75, 3.05) is 39.9 Å². The molecule has 1 atom stereocenters. The number of rotatable bonds is 9. The normalized spacial score (nSPS) is 16.2. The standard InChI is InChI=1S/C25H35FN4O2/c1-19(2)32-18-21-6-4-20(5-7-21)16-28-25(27-3)29-17-24(30-12-14-31-15-13-30)22-8-10-23(26)11-9-22/h4-11,19,24H,12-18H2,1-3H3,(H2,27,28,29). The maximum atomic E-state index is 13.4. The second-order valence-corrected chi connectivity index (χ2v) is 8.20. The van der Waals surface area contributed by atoms with E-state index in [1.54, 1.807) is 7.05 Å². The third-order valence-corrected chi connectivity index (χ3v) is 5.49. The number of halogens is 1. The summed E-state index contributed by atoms with van der Waals surface area (Å²) in [5.41, 5.74) is 3.41. The smallest absolute Gasteiger partial charge is 0.191 e. The van der Waals surface area contributed by atoms with E-state index in [2.05, 4.69) is 44.8 Å². The Bertz CT molecular complexity index is 834. The Labute approximate surface area is 190 Å².